The summed E-state index contributed by atoms with van der Waals surface area (Å²) in [6.45, 7) is 1.02. The lowest BCUT2D eigenvalue weighted by molar-refractivity contribution is -0.138. The second kappa shape index (κ2) is 7.30. The molecular weight excluding hydrogens is 390 g/mol. The predicted octanol–water partition coefficient (Wildman–Crippen LogP) is 2.71. The van der Waals surface area contributed by atoms with Gasteiger partial charge in [0.05, 0.1) is 17.0 Å². The molecule has 0 aromatic heterocycles. The number of sulfone groups is 1. The van der Waals surface area contributed by atoms with E-state index in [-0.39, 0.29) is 16.8 Å². The Morgan fingerprint density at radius 2 is 1.86 bits per heavy atom. The first-order valence-corrected chi connectivity index (χ1v) is 11.6. The Kier molecular flexibility index (Phi) is 4.94. The molecule has 0 aliphatic carbocycles. The van der Waals surface area contributed by atoms with Crippen LogP contribution < -0.4 is 0 Å². The van der Waals surface area contributed by atoms with Crippen molar-refractivity contribution in [2.24, 2.45) is 0 Å². The normalized spacial score (nSPS) is 21.1. The van der Waals surface area contributed by atoms with E-state index in [9.17, 15) is 18.0 Å². The zero-order valence-corrected chi connectivity index (χ0v) is 17.1. The lowest BCUT2D eigenvalue weighted by atomic mass is 9.85. The zero-order valence-electron chi connectivity index (χ0n) is 16.3. The highest BCUT2D eigenvalue weighted by atomic mass is 32.2. The molecule has 1 unspecified atom stereocenters. The predicted molar refractivity (Wildman–Crippen MR) is 107 cm³/mol. The van der Waals surface area contributed by atoms with Gasteiger partial charge in [-0.15, -0.1) is 0 Å². The molecule has 1 amide bonds. The van der Waals surface area contributed by atoms with Crippen LogP contribution >= 0.6 is 0 Å². The van der Waals surface area contributed by atoms with Crippen molar-refractivity contribution in [2.45, 2.75) is 36.2 Å². The number of fused-ring (bicyclic) bond motifs is 2. The van der Waals surface area contributed by atoms with Crippen LogP contribution in [0.4, 0.5) is 0 Å². The summed E-state index contributed by atoms with van der Waals surface area (Å²) in [7, 11) is -3.23. The number of carbonyl (C=O) groups is 2. The number of aryl methyl sites for hydroxylation is 1. The van der Waals surface area contributed by atoms with Crippen molar-refractivity contribution in [1.82, 2.24) is 4.90 Å². The maximum absolute atomic E-state index is 12.8. The van der Waals surface area contributed by atoms with Gasteiger partial charge in [-0.05, 0) is 43.0 Å². The molecule has 1 saturated heterocycles. The number of rotatable bonds is 4. The van der Waals surface area contributed by atoms with E-state index in [4.69, 9.17) is 4.74 Å². The molecule has 1 atom stereocenters. The molecule has 29 heavy (non-hydrogen) atoms. The first kappa shape index (κ1) is 19.6. The topological polar surface area (TPSA) is 80.8 Å². The minimum atomic E-state index is -3.23. The summed E-state index contributed by atoms with van der Waals surface area (Å²) >= 11 is 0. The van der Waals surface area contributed by atoms with E-state index in [2.05, 4.69) is 0 Å². The fourth-order valence-corrected chi connectivity index (χ4v) is 4.83. The average molecular weight is 413 g/mol. The number of esters is 1. The quantitative estimate of drug-likeness (QED) is 0.720. The number of hydrogen-bond acceptors (Lipinski definition) is 5. The largest absolute Gasteiger partial charge is 0.449 e. The maximum Gasteiger partial charge on any atom is 0.339 e. The van der Waals surface area contributed by atoms with Gasteiger partial charge in [-0.25, -0.2) is 13.2 Å². The van der Waals surface area contributed by atoms with Gasteiger partial charge in [0.25, 0.3) is 0 Å². The van der Waals surface area contributed by atoms with Crippen LogP contribution in [0.3, 0.4) is 0 Å². The lowest BCUT2D eigenvalue weighted by Crippen LogP contribution is -2.48. The number of hydrogen-bond donors (Lipinski definition) is 0. The van der Waals surface area contributed by atoms with Gasteiger partial charge in [-0.3, -0.25) is 4.79 Å². The third kappa shape index (κ3) is 3.79. The van der Waals surface area contributed by atoms with Gasteiger partial charge >= 0.3 is 5.97 Å². The molecule has 2 aromatic rings. The summed E-state index contributed by atoms with van der Waals surface area (Å²) < 4.78 is 28.9. The number of piperidine rings is 1. The molecule has 0 saturated carbocycles. The van der Waals surface area contributed by atoms with Crippen molar-refractivity contribution >= 4 is 21.7 Å². The van der Waals surface area contributed by atoms with Crippen LogP contribution in [0.1, 0.15) is 40.7 Å². The Labute approximate surface area is 170 Å². The Bertz CT molecular complexity index is 1060. The Balaban J connectivity index is 1.43. The highest BCUT2D eigenvalue weighted by molar-refractivity contribution is 7.90. The molecule has 2 aliphatic heterocycles. The number of likely N-dealkylation sites (tertiary alicyclic amines) is 1. The van der Waals surface area contributed by atoms with Crippen LogP contribution in [0.2, 0.25) is 0 Å². The number of ether oxygens (including phenoxy) is 1. The lowest BCUT2D eigenvalue weighted by Gasteiger charge is -2.39. The Morgan fingerprint density at radius 1 is 1.14 bits per heavy atom. The maximum atomic E-state index is 12.8. The summed E-state index contributed by atoms with van der Waals surface area (Å²) in [6, 6.07) is 14.0. The summed E-state index contributed by atoms with van der Waals surface area (Å²) in [4.78, 5) is 27.1. The van der Waals surface area contributed by atoms with Gasteiger partial charge in [0.1, 0.15) is 0 Å². The van der Waals surface area contributed by atoms with Crippen LogP contribution in [0.5, 0.6) is 0 Å². The number of nitrogens with zero attached hydrogens (tertiary/aromatic N) is 1. The summed E-state index contributed by atoms with van der Waals surface area (Å²) in [5.41, 5.74) is 1.64. The minimum absolute atomic E-state index is 0.0108. The third-order valence-corrected chi connectivity index (χ3v) is 6.84. The van der Waals surface area contributed by atoms with E-state index in [1.54, 1.807) is 35.2 Å². The molecule has 152 valence electrons. The van der Waals surface area contributed by atoms with Crippen LogP contribution in [0.15, 0.2) is 53.4 Å². The van der Waals surface area contributed by atoms with E-state index in [0.29, 0.717) is 37.9 Å². The molecule has 0 bridgehead atoms. The van der Waals surface area contributed by atoms with Crippen molar-refractivity contribution in [1.29, 1.82) is 0 Å². The van der Waals surface area contributed by atoms with Crippen LogP contribution in [-0.2, 0) is 31.4 Å². The minimum Gasteiger partial charge on any atom is -0.449 e. The summed E-state index contributed by atoms with van der Waals surface area (Å²) in [6.07, 6.45) is 3.52. The zero-order chi connectivity index (χ0) is 20.6. The van der Waals surface area contributed by atoms with Gasteiger partial charge < -0.3 is 9.64 Å². The third-order valence-electron chi connectivity index (χ3n) is 5.71. The van der Waals surface area contributed by atoms with Crippen molar-refractivity contribution < 1.29 is 22.7 Å². The second-order valence-electron chi connectivity index (χ2n) is 7.76. The van der Waals surface area contributed by atoms with Crippen molar-refractivity contribution in [3.05, 3.63) is 65.2 Å². The Morgan fingerprint density at radius 3 is 2.59 bits per heavy atom. The van der Waals surface area contributed by atoms with Gasteiger partial charge in [0.2, 0.25) is 5.91 Å². The SMILES string of the molecule is CS(=O)(=O)c1ccc(CCC(=O)N2CCCC3(C2)OC(=O)c2ccccc23)cc1. The van der Waals surface area contributed by atoms with Crippen LogP contribution in [0, 0.1) is 0 Å². The molecule has 2 heterocycles. The highest BCUT2D eigenvalue weighted by Gasteiger charge is 2.48. The summed E-state index contributed by atoms with van der Waals surface area (Å²) in [5.74, 6) is -0.308. The van der Waals surface area contributed by atoms with E-state index >= 15 is 0 Å². The molecule has 0 radical (unpaired) electrons. The van der Waals surface area contributed by atoms with E-state index in [1.165, 1.54) is 6.26 Å². The number of amides is 1. The number of carbonyl (C=O) groups excluding carboxylic acids is 2. The van der Waals surface area contributed by atoms with Gasteiger partial charge in [-0.1, -0.05) is 30.3 Å². The molecular formula is C22H23NO5S. The molecule has 1 spiro atoms. The van der Waals surface area contributed by atoms with Crippen molar-refractivity contribution in [2.75, 3.05) is 19.3 Å². The fraction of sp³-hybridized carbons (Fsp3) is 0.364. The van der Waals surface area contributed by atoms with E-state index < -0.39 is 15.4 Å². The number of benzene rings is 2. The van der Waals surface area contributed by atoms with Gasteiger partial charge in [-0.2, -0.15) is 0 Å². The molecule has 1 fully saturated rings. The van der Waals surface area contributed by atoms with Gasteiger partial charge in [0.15, 0.2) is 15.4 Å². The van der Waals surface area contributed by atoms with Crippen molar-refractivity contribution in [3.63, 3.8) is 0 Å². The van der Waals surface area contributed by atoms with Gasteiger partial charge in [0, 0.05) is 24.8 Å². The first-order chi connectivity index (χ1) is 13.8. The van der Waals surface area contributed by atoms with Crippen LogP contribution in [-0.4, -0.2) is 44.5 Å². The molecule has 6 nitrogen and oxygen atoms in total. The smallest absolute Gasteiger partial charge is 0.339 e. The fourth-order valence-electron chi connectivity index (χ4n) is 4.20. The molecule has 7 heteroatoms. The van der Waals surface area contributed by atoms with E-state index in [1.807, 2.05) is 18.2 Å². The summed E-state index contributed by atoms with van der Waals surface area (Å²) in [5, 5.41) is 0. The molecule has 2 aliphatic rings. The molecule has 0 N–H and O–H groups in total. The highest BCUT2D eigenvalue weighted by Crippen LogP contribution is 2.42. The monoisotopic (exact) mass is 413 g/mol. The second-order valence-corrected chi connectivity index (χ2v) is 9.78. The average Bonchev–Trinajstić information content (AvgIpc) is 2.97. The Hall–Kier alpha value is -2.67. The first-order valence-electron chi connectivity index (χ1n) is 9.68. The van der Waals surface area contributed by atoms with Crippen molar-refractivity contribution in [3.8, 4) is 0 Å². The standard InChI is InChI=1S/C22H23NO5S/c1-29(26,27)17-10-7-16(8-11-17)9-12-20(24)23-14-4-13-22(15-23)19-6-3-2-5-18(19)21(25)28-22/h2-3,5-8,10-11H,4,9,12-15H2,1H3. The molecule has 4 rings (SSSR count). The molecule has 2 aromatic carbocycles. The van der Waals surface area contributed by atoms with Crippen LogP contribution in [0.25, 0.3) is 0 Å². The van der Waals surface area contributed by atoms with E-state index in [0.717, 1.165) is 17.5 Å².